The van der Waals surface area contributed by atoms with E-state index in [4.69, 9.17) is 9.47 Å². The molecule has 1 aliphatic heterocycles. The van der Waals surface area contributed by atoms with Gasteiger partial charge in [-0.1, -0.05) is 31.2 Å². The number of hydrogen-bond acceptors (Lipinski definition) is 5. The van der Waals surface area contributed by atoms with Crippen molar-refractivity contribution in [1.29, 1.82) is 0 Å². The number of carbonyl (C=O) groups is 1. The normalized spacial score (nSPS) is 12.4. The molecule has 0 fully saturated rings. The lowest BCUT2D eigenvalue weighted by Crippen LogP contribution is -2.29. The Hall–Kier alpha value is -3.61. The number of nitrogens with one attached hydrogen (secondary N) is 1. The molecule has 0 atom stereocenters. The molecule has 4 rings (SSSR count). The van der Waals surface area contributed by atoms with E-state index in [2.05, 4.69) is 17.3 Å². The van der Waals surface area contributed by atoms with Crippen LogP contribution in [-0.2, 0) is 17.8 Å². The minimum Gasteiger partial charge on any atom is -0.486 e. The summed E-state index contributed by atoms with van der Waals surface area (Å²) in [7, 11) is 0. The number of amides is 1. The number of aryl methyl sites for hydroxylation is 1. The first-order valence-electron chi connectivity index (χ1n) is 9.49. The third-order valence-electron chi connectivity index (χ3n) is 4.64. The lowest BCUT2D eigenvalue weighted by atomic mass is 10.1. The van der Waals surface area contributed by atoms with Crippen molar-refractivity contribution in [3.05, 3.63) is 70.5 Å². The number of ether oxygens (including phenoxy) is 2. The van der Waals surface area contributed by atoms with Crippen LogP contribution in [0.1, 0.15) is 12.5 Å². The predicted octanol–water partition coefficient (Wildman–Crippen LogP) is 2.88. The number of rotatable bonds is 5. The summed E-state index contributed by atoms with van der Waals surface area (Å²) in [4.78, 5) is 24.6. The first kappa shape index (κ1) is 18.7. The molecular weight excluding hydrogens is 370 g/mol. The van der Waals surface area contributed by atoms with Crippen LogP contribution in [0.3, 0.4) is 0 Å². The van der Waals surface area contributed by atoms with Crippen LogP contribution in [0.5, 0.6) is 11.5 Å². The van der Waals surface area contributed by atoms with Crippen LogP contribution in [0.15, 0.2) is 59.4 Å². The van der Waals surface area contributed by atoms with E-state index in [1.165, 1.54) is 11.6 Å². The number of benzene rings is 2. The SMILES string of the molecule is CCc1ccc(-c2ccc(=O)n(CC(=O)Nc3ccc4c(c3)OCCO4)n2)cc1. The standard InChI is InChI=1S/C22H21N3O4/c1-2-15-3-5-16(6-4-15)18-8-10-22(27)25(24-18)14-21(26)23-17-7-9-19-20(13-17)29-12-11-28-19/h3-10,13H,2,11-12,14H2,1H3,(H,23,26). The zero-order valence-corrected chi connectivity index (χ0v) is 16.1. The topological polar surface area (TPSA) is 82.5 Å². The van der Waals surface area contributed by atoms with E-state index in [0.29, 0.717) is 36.1 Å². The van der Waals surface area contributed by atoms with E-state index < -0.39 is 0 Å². The second-order valence-electron chi connectivity index (χ2n) is 6.67. The summed E-state index contributed by atoms with van der Waals surface area (Å²) in [5.74, 6) is 0.880. The van der Waals surface area contributed by atoms with Gasteiger partial charge in [-0.3, -0.25) is 9.59 Å². The molecule has 0 bridgehead atoms. The lowest BCUT2D eigenvalue weighted by molar-refractivity contribution is -0.117. The Labute approximate surface area is 167 Å². The third-order valence-corrected chi connectivity index (χ3v) is 4.64. The van der Waals surface area contributed by atoms with Crippen molar-refractivity contribution >= 4 is 11.6 Å². The molecule has 0 spiro atoms. The first-order valence-corrected chi connectivity index (χ1v) is 9.49. The number of carbonyl (C=O) groups excluding carboxylic acids is 1. The van der Waals surface area contributed by atoms with Gasteiger partial charge < -0.3 is 14.8 Å². The molecule has 0 aliphatic carbocycles. The lowest BCUT2D eigenvalue weighted by Gasteiger charge is -2.19. The van der Waals surface area contributed by atoms with Crippen LogP contribution >= 0.6 is 0 Å². The Morgan fingerprint density at radius 3 is 2.55 bits per heavy atom. The molecule has 2 aromatic carbocycles. The Balaban J connectivity index is 1.49. The van der Waals surface area contributed by atoms with Gasteiger partial charge in [0.25, 0.3) is 5.56 Å². The zero-order chi connectivity index (χ0) is 20.2. The van der Waals surface area contributed by atoms with Gasteiger partial charge in [-0.15, -0.1) is 0 Å². The molecule has 0 saturated heterocycles. The maximum Gasteiger partial charge on any atom is 0.267 e. The average Bonchev–Trinajstić information content (AvgIpc) is 2.75. The summed E-state index contributed by atoms with van der Waals surface area (Å²) in [6.45, 7) is 2.88. The van der Waals surface area contributed by atoms with Gasteiger partial charge in [0.15, 0.2) is 11.5 Å². The molecule has 7 heteroatoms. The fourth-order valence-electron chi connectivity index (χ4n) is 3.09. The summed E-state index contributed by atoms with van der Waals surface area (Å²) >= 11 is 0. The van der Waals surface area contributed by atoms with Crippen molar-refractivity contribution < 1.29 is 14.3 Å². The van der Waals surface area contributed by atoms with Crippen LogP contribution < -0.4 is 20.3 Å². The van der Waals surface area contributed by atoms with E-state index in [1.807, 2.05) is 24.3 Å². The highest BCUT2D eigenvalue weighted by Gasteiger charge is 2.14. The number of fused-ring (bicyclic) bond motifs is 1. The molecule has 2 heterocycles. The van der Waals surface area contributed by atoms with Gasteiger partial charge in [-0.25, -0.2) is 4.68 Å². The van der Waals surface area contributed by atoms with E-state index in [9.17, 15) is 9.59 Å². The molecule has 148 valence electrons. The van der Waals surface area contributed by atoms with Crippen molar-refractivity contribution in [2.24, 2.45) is 0 Å². The second-order valence-corrected chi connectivity index (χ2v) is 6.67. The molecule has 7 nitrogen and oxygen atoms in total. The monoisotopic (exact) mass is 391 g/mol. The predicted molar refractivity (Wildman–Crippen MR) is 109 cm³/mol. The molecule has 1 amide bonds. The fraction of sp³-hybridized carbons (Fsp3) is 0.227. The van der Waals surface area contributed by atoms with Gasteiger partial charge in [-0.2, -0.15) is 5.10 Å². The van der Waals surface area contributed by atoms with Crippen LogP contribution in [0.4, 0.5) is 5.69 Å². The fourth-order valence-corrected chi connectivity index (χ4v) is 3.09. The van der Waals surface area contributed by atoms with E-state index in [-0.39, 0.29) is 18.0 Å². The summed E-state index contributed by atoms with van der Waals surface area (Å²) in [5.41, 5.74) is 2.98. The summed E-state index contributed by atoms with van der Waals surface area (Å²) in [5, 5.41) is 7.12. The van der Waals surface area contributed by atoms with Gasteiger partial charge in [-0.05, 0) is 30.2 Å². The van der Waals surface area contributed by atoms with E-state index in [0.717, 1.165) is 16.7 Å². The molecule has 0 radical (unpaired) electrons. The zero-order valence-electron chi connectivity index (χ0n) is 16.1. The second kappa shape index (κ2) is 8.18. The van der Waals surface area contributed by atoms with Crippen molar-refractivity contribution in [3.8, 4) is 22.8 Å². The first-order chi connectivity index (χ1) is 14.1. The van der Waals surface area contributed by atoms with E-state index >= 15 is 0 Å². The number of anilines is 1. The van der Waals surface area contributed by atoms with Crippen LogP contribution in [0.25, 0.3) is 11.3 Å². The third kappa shape index (κ3) is 4.29. The minimum atomic E-state index is -0.352. The number of aromatic nitrogens is 2. The molecule has 1 aromatic heterocycles. The van der Waals surface area contributed by atoms with Gasteiger partial charge in [0.2, 0.25) is 5.91 Å². The Kier molecular flexibility index (Phi) is 5.29. The van der Waals surface area contributed by atoms with Crippen molar-refractivity contribution in [2.45, 2.75) is 19.9 Å². The largest absolute Gasteiger partial charge is 0.486 e. The van der Waals surface area contributed by atoms with Gasteiger partial charge in [0, 0.05) is 23.4 Å². The molecule has 29 heavy (non-hydrogen) atoms. The van der Waals surface area contributed by atoms with Crippen molar-refractivity contribution in [3.63, 3.8) is 0 Å². The Morgan fingerprint density at radius 2 is 1.79 bits per heavy atom. The van der Waals surface area contributed by atoms with Crippen LogP contribution in [-0.4, -0.2) is 28.9 Å². The van der Waals surface area contributed by atoms with Crippen LogP contribution in [0.2, 0.25) is 0 Å². The summed E-state index contributed by atoms with van der Waals surface area (Å²) in [6, 6.07) is 16.3. The maximum atomic E-state index is 12.5. The van der Waals surface area contributed by atoms with Gasteiger partial charge in [0.1, 0.15) is 19.8 Å². The van der Waals surface area contributed by atoms with E-state index in [1.54, 1.807) is 24.3 Å². The van der Waals surface area contributed by atoms with Gasteiger partial charge in [0.05, 0.1) is 5.69 Å². The summed E-state index contributed by atoms with van der Waals surface area (Å²) in [6.07, 6.45) is 0.952. The molecule has 3 aromatic rings. The number of nitrogens with zero attached hydrogens (tertiary/aromatic N) is 2. The molecule has 1 N–H and O–H groups in total. The van der Waals surface area contributed by atoms with Crippen molar-refractivity contribution in [1.82, 2.24) is 9.78 Å². The average molecular weight is 391 g/mol. The highest BCUT2D eigenvalue weighted by Crippen LogP contribution is 2.32. The molecule has 0 unspecified atom stereocenters. The van der Waals surface area contributed by atoms with Crippen LogP contribution in [0, 0.1) is 0 Å². The van der Waals surface area contributed by atoms with Gasteiger partial charge >= 0.3 is 0 Å². The Morgan fingerprint density at radius 1 is 1.03 bits per heavy atom. The molecule has 0 saturated carbocycles. The van der Waals surface area contributed by atoms with Crippen molar-refractivity contribution in [2.75, 3.05) is 18.5 Å². The highest BCUT2D eigenvalue weighted by atomic mass is 16.6. The quantitative estimate of drug-likeness (QED) is 0.723. The molecule has 1 aliphatic rings. The number of hydrogen-bond donors (Lipinski definition) is 1. The maximum absolute atomic E-state index is 12.5. The summed E-state index contributed by atoms with van der Waals surface area (Å²) < 4.78 is 12.2. The highest BCUT2D eigenvalue weighted by molar-refractivity contribution is 5.90. The smallest absolute Gasteiger partial charge is 0.267 e. The Bertz CT molecular complexity index is 1090. The molecular formula is C22H21N3O4. The minimum absolute atomic E-state index is 0.186.